The molecule has 0 spiro atoms. The molecule has 0 radical (unpaired) electrons. The molecule has 0 heterocycles. The van der Waals surface area contributed by atoms with Gasteiger partial charge in [-0.25, -0.2) is 0 Å². The summed E-state index contributed by atoms with van der Waals surface area (Å²) >= 11 is 0. The molecule has 0 aromatic heterocycles. The third-order valence-corrected chi connectivity index (χ3v) is 3.08. The first-order valence-corrected chi connectivity index (χ1v) is 6.57. The molecule has 1 rings (SSSR count). The number of nitrogens with one attached hydrogen (secondary N) is 1. The van der Waals surface area contributed by atoms with E-state index in [1.54, 1.807) is 31.4 Å². The van der Waals surface area contributed by atoms with Gasteiger partial charge in [0.15, 0.2) is 0 Å². The van der Waals surface area contributed by atoms with Gasteiger partial charge in [-0.3, -0.25) is 4.79 Å². The highest BCUT2D eigenvalue weighted by Crippen LogP contribution is 2.17. The molecule has 20 heavy (non-hydrogen) atoms. The highest BCUT2D eigenvalue weighted by molar-refractivity contribution is 5.94. The van der Waals surface area contributed by atoms with Crippen LogP contribution in [0.5, 0.6) is 5.75 Å². The summed E-state index contributed by atoms with van der Waals surface area (Å²) in [7, 11) is 1.60. The van der Waals surface area contributed by atoms with Crippen molar-refractivity contribution in [3.63, 3.8) is 0 Å². The van der Waals surface area contributed by atoms with E-state index in [0.29, 0.717) is 18.0 Å². The molecule has 0 aliphatic heterocycles. The normalized spacial score (nSPS) is 13.3. The highest BCUT2D eigenvalue weighted by Gasteiger charge is 2.26. The third kappa shape index (κ3) is 5.39. The molecular formula is C15H25ClN2O2. The van der Waals surface area contributed by atoms with Crippen molar-refractivity contribution in [3.8, 4) is 5.75 Å². The zero-order valence-corrected chi connectivity index (χ0v) is 13.4. The topological polar surface area (TPSA) is 64.3 Å². The molecule has 5 heteroatoms. The van der Waals surface area contributed by atoms with Gasteiger partial charge in [0, 0.05) is 17.6 Å². The molecule has 0 aliphatic rings. The van der Waals surface area contributed by atoms with E-state index in [-0.39, 0.29) is 23.9 Å². The first-order chi connectivity index (χ1) is 8.90. The second-order valence-electron chi connectivity index (χ2n) is 5.55. The Morgan fingerprint density at radius 3 is 2.30 bits per heavy atom. The van der Waals surface area contributed by atoms with Gasteiger partial charge < -0.3 is 15.8 Å². The third-order valence-electron chi connectivity index (χ3n) is 3.08. The summed E-state index contributed by atoms with van der Waals surface area (Å²) in [5.74, 6) is 1.11. The van der Waals surface area contributed by atoms with Crippen molar-refractivity contribution in [1.29, 1.82) is 0 Å². The van der Waals surface area contributed by atoms with Gasteiger partial charge in [0.1, 0.15) is 5.75 Å². The van der Waals surface area contributed by atoms with Crippen LogP contribution < -0.4 is 15.8 Å². The van der Waals surface area contributed by atoms with Crippen LogP contribution in [0, 0.1) is 5.92 Å². The summed E-state index contributed by atoms with van der Waals surface area (Å²) in [6.45, 7) is 6.64. The molecule has 1 aromatic rings. The summed E-state index contributed by atoms with van der Waals surface area (Å²) in [6.07, 6.45) is 0.853. The molecule has 0 aliphatic carbocycles. The standard InChI is InChI=1S/C15H24N2O2.ClH/c1-11(2)9-15(3,10-16)17-14(18)12-5-7-13(19-4)8-6-12;/h5-8,11H,9-10,16H2,1-4H3,(H,17,18);1H. The number of carbonyl (C=O) groups is 1. The smallest absolute Gasteiger partial charge is 0.251 e. The van der Waals surface area contributed by atoms with Crippen molar-refractivity contribution in [2.45, 2.75) is 32.7 Å². The average Bonchev–Trinajstić information content (AvgIpc) is 2.37. The van der Waals surface area contributed by atoms with Gasteiger partial charge in [0.25, 0.3) is 5.91 Å². The molecule has 1 unspecified atom stereocenters. The number of carbonyl (C=O) groups excluding carboxylic acids is 1. The Balaban J connectivity index is 0.00000361. The van der Waals surface area contributed by atoms with Crippen molar-refractivity contribution in [3.05, 3.63) is 29.8 Å². The fourth-order valence-electron chi connectivity index (χ4n) is 2.18. The largest absolute Gasteiger partial charge is 0.497 e. The molecule has 0 saturated heterocycles. The Labute approximate surface area is 127 Å². The first kappa shape index (κ1) is 18.7. The van der Waals surface area contributed by atoms with Crippen LogP contribution in [0.4, 0.5) is 0 Å². The van der Waals surface area contributed by atoms with Crippen LogP contribution >= 0.6 is 12.4 Å². The molecule has 0 fully saturated rings. The SMILES string of the molecule is COc1ccc(C(=O)NC(C)(CN)CC(C)C)cc1.Cl. The highest BCUT2D eigenvalue weighted by atomic mass is 35.5. The summed E-state index contributed by atoms with van der Waals surface area (Å²) in [6, 6.07) is 7.05. The minimum absolute atomic E-state index is 0. The fraction of sp³-hybridized carbons (Fsp3) is 0.533. The molecule has 1 amide bonds. The molecule has 1 atom stereocenters. The number of benzene rings is 1. The first-order valence-electron chi connectivity index (χ1n) is 6.57. The lowest BCUT2D eigenvalue weighted by atomic mass is 9.90. The van der Waals surface area contributed by atoms with E-state index in [4.69, 9.17) is 10.5 Å². The van der Waals surface area contributed by atoms with Crippen molar-refractivity contribution in [1.82, 2.24) is 5.32 Å². The van der Waals surface area contributed by atoms with Crippen LogP contribution in [0.3, 0.4) is 0 Å². The van der Waals surface area contributed by atoms with E-state index < -0.39 is 0 Å². The maximum absolute atomic E-state index is 12.2. The Morgan fingerprint density at radius 1 is 1.35 bits per heavy atom. The Kier molecular flexibility index (Phi) is 7.61. The Bertz CT molecular complexity index is 420. The van der Waals surface area contributed by atoms with E-state index in [2.05, 4.69) is 19.2 Å². The van der Waals surface area contributed by atoms with Crippen LogP contribution in [-0.4, -0.2) is 25.1 Å². The van der Waals surface area contributed by atoms with Crippen molar-refractivity contribution in [2.24, 2.45) is 11.7 Å². The van der Waals surface area contributed by atoms with Crippen LogP contribution in [0.2, 0.25) is 0 Å². The van der Waals surface area contributed by atoms with Crippen molar-refractivity contribution in [2.75, 3.05) is 13.7 Å². The fourth-order valence-corrected chi connectivity index (χ4v) is 2.18. The monoisotopic (exact) mass is 300 g/mol. The van der Waals surface area contributed by atoms with E-state index in [0.717, 1.165) is 12.2 Å². The number of hydrogen-bond donors (Lipinski definition) is 2. The molecule has 0 bridgehead atoms. The van der Waals surface area contributed by atoms with E-state index in [1.165, 1.54) is 0 Å². The number of methoxy groups -OCH3 is 1. The van der Waals surface area contributed by atoms with Gasteiger partial charge in [0.05, 0.1) is 7.11 Å². The zero-order valence-electron chi connectivity index (χ0n) is 12.6. The quantitative estimate of drug-likeness (QED) is 0.849. The number of hydrogen-bond acceptors (Lipinski definition) is 3. The predicted octanol–water partition coefficient (Wildman–Crippen LogP) is 2.61. The summed E-state index contributed by atoms with van der Waals surface area (Å²) in [5.41, 5.74) is 6.04. The summed E-state index contributed by atoms with van der Waals surface area (Å²) in [5, 5.41) is 3.02. The van der Waals surface area contributed by atoms with Crippen LogP contribution in [0.25, 0.3) is 0 Å². The van der Waals surface area contributed by atoms with E-state index in [1.807, 2.05) is 6.92 Å². The molecule has 0 saturated carbocycles. The van der Waals surface area contributed by atoms with Gasteiger partial charge in [-0.05, 0) is 43.5 Å². The number of amides is 1. The second-order valence-corrected chi connectivity index (χ2v) is 5.55. The average molecular weight is 301 g/mol. The van der Waals surface area contributed by atoms with Gasteiger partial charge in [-0.2, -0.15) is 0 Å². The Hall–Kier alpha value is -1.26. The van der Waals surface area contributed by atoms with Gasteiger partial charge in [-0.15, -0.1) is 12.4 Å². The molecular weight excluding hydrogens is 276 g/mol. The number of nitrogens with two attached hydrogens (primary N) is 1. The van der Waals surface area contributed by atoms with Crippen LogP contribution in [0.1, 0.15) is 37.6 Å². The maximum Gasteiger partial charge on any atom is 0.251 e. The lowest BCUT2D eigenvalue weighted by molar-refractivity contribution is 0.0898. The lowest BCUT2D eigenvalue weighted by Crippen LogP contribution is -2.52. The minimum Gasteiger partial charge on any atom is -0.497 e. The number of rotatable bonds is 6. The summed E-state index contributed by atoms with van der Waals surface area (Å²) in [4.78, 5) is 12.2. The lowest BCUT2D eigenvalue weighted by Gasteiger charge is -2.31. The molecule has 1 aromatic carbocycles. The van der Waals surface area contributed by atoms with Crippen LogP contribution in [-0.2, 0) is 0 Å². The molecule has 4 nitrogen and oxygen atoms in total. The maximum atomic E-state index is 12.2. The second kappa shape index (κ2) is 8.12. The van der Waals surface area contributed by atoms with Gasteiger partial charge >= 0.3 is 0 Å². The molecule has 3 N–H and O–H groups in total. The van der Waals surface area contributed by atoms with E-state index >= 15 is 0 Å². The van der Waals surface area contributed by atoms with Crippen molar-refractivity contribution >= 4 is 18.3 Å². The zero-order chi connectivity index (χ0) is 14.5. The van der Waals surface area contributed by atoms with Gasteiger partial charge in [-0.1, -0.05) is 13.8 Å². The summed E-state index contributed by atoms with van der Waals surface area (Å²) < 4.78 is 5.07. The molecule has 114 valence electrons. The van der Waals surface area contributed by atoms with E-state index in [9.17, 15) is 4.79 Å². The predicted molar refractivity (Wildman–Crippen MR) is 84.6 cm³/mol. The minimum atomic E-state index is -0.370. The van der Waals surface area contributed by atoms with Crippen molar-refractivity contribution < 1.29 is 9.53 Å². The Morgan fingerprint density at radius 2 is 1.90 bits per heavy atom. The number of halogens is 1. The van der Waals surface area contributed by atoms with Crippen LogP contribution in [0.15, 0.2) is 24.3 Å². The van der Waals surface area contributed by atoms with Gasteiger partial charge in [0.2, 0.25) is 0 Å². The number of ether oxygens (including phenoxy) is 1.